The maximum atomic E-state index is 13.0. The van der Waals surface area contributed by atoms with Crippen molar-refractivity contribution in [2.75, 3.05) is 0 Å². The number of H-pyrrole nitrogens is 1. The molecule has 0 saturated carbocycles. The Balaban J connectivity index is 2.60. The predicted molar refractivity (Wildman–Crippen MR) is 57.2 cm³/mol. The Morgan fingerprint density at radius 3 is 2.76 bits per heavy atom. The van der Waals surface area contributed by atoms with E-state index >= 15 is 0 Å². The number of benzene rings is 1. The van der Waals surface area contributed by atoms with Crippen LogP contribution in [0.25, 0.3) is 11.3 Å². The molecule has 0 spiro atoms. The topological polar surface area (TPSA) is 83.0 Å². The molecular formula is C11H7FN2O3. The molecule has 0 fully saturated rings. The van der Waals surface area contributed by atoms with Gasteiger partial charge in [-0.25, -0.2) is 14.0 Å². The van der Waals surface area contributed by atoms with Gasteiger partial charge in [0.05, 0.1) is 5.69 Å². The van der Waals surface area contributed by atoms with Gasteiger partial charge in [0.2, 0.25) is 0 Å². The number of rotatable bonds is 2. The minimum absolute atomic E-state index is 0.116. The second-order valence-electron chi connectivity index (χ2n) is 3.30. The number of aromatic nitrogens is 2. The molecule has 1 aromatic heterocycles. The fourth-order valence-corrected chi connectivity index (χ4v) is 1.37. The van der Waals surface area contributed by atoms with Crippen molar-refractivity contribution in [1.82, 2.24) is 9.97 Å². The van der Waals surface area contributed by atoms with Gasteiger partial charge in [-0.3, -0.25) is 4.98 Å². The third-order valence-corrected chi connectivity index (χ3v) is 2.10. The second-order valence-corrected chi connectivity index (χ2v) is 3.30. The van der Waals surface area contributed by atoms with Crippen LogP contribution in [0.15, 0.2) is 35.1 Å². The molecule has 17 heavy (non-hydrogen) atoms. The predicted octanol–water partition coefficient (Wildman–Crippen LogP) is 1.27. The van der Waals surface area contributed by atoms with Crippen LogP contribution in [0.5, 0.6) is 0 Å². The van der Waals surface area contributed by atoms with Crippen LogP contribution in [-0.2, 0) is 0 Å². The quantitative estimate of drug-likeness (QED) is 0.819. The van der Waals surface area contributed by atoms with Gasteiger partial charge >= 0.3 is 11.7 Å². The average molecular weight is 234 g/mol. The van der Waals surface area contributed by atoms with Gasteiger partial charge in [-0.15, -0.1) is 0 Å². The highest BCUT2D eigenvalue weighted by molar-refractivity contribution is 5.86. The van der Waals surface area contributed by atoms with Gasteiger partial charge in [0.25, 0.3) is 0 Å². The summed E-state index contributed by atoms with van der Waals surface area (Å²) in [6.07, 6.45) is 0. The molecule has 0 atom stereocenters. The number of halogens is 1. The summed E-state index contributed by atoms with van der Waals surface area (Å²) >= 11 is 0. The Morgan fingerprint density at radius 2 is 2.12 bits per heavy atom. The van der Waals surface area contributed by atoms with Gasteiger partial charge in [0, 0.05) is 5.56 Å². The second kappa shape index (κ2) is 4.17. The van der Waals surface area contributed by atoms with E-state index in [4.69, 9.17) is 5.11 Å². The first kappa shape index (κ1) is 11.0. The number of hydrogen-bond donors (Lipinski definition) is 2. The van der Waals surface area contributed by atoms with Crippen LogP contribution in [0.4, 0.5) is 4.39 Å². The Hall–Kier alpha value is -2.50. The molecule has 0 bridgehead atoms. The van der Waals surface area contributed by atoms with Gasteiger partial charge in [-0.05, 0) is 18.2 Å². The van der Waals surface area contributed by atoms with Gasteiger partial charge in [-0.1, -0.05) is 12.1 Å². The number of nitrogens with one attached hydrogen (secondary N) is 1. The van der Waals surface area contributed by atoms with E-state index < -0.39 is 17.5 Å². The van der Waals surface area contributed by atoms with E-state index in [0.29, 0.717) is 5.56 Å². The molecular weight excluding hydrogens is 227 g/mol. The number of carboxylic acid groups (broad SMARTS) is 1. The Kier molecular flexibility index (Phi) is 2.70. The zero-order valence-corrected chi connectivity index (χ0v) is 8.48. The number of hydrogen-bond acceptors (Lipinski definition) is 3. The first-order chi connectivity index (χ1) is 8.06. The molecule has 2 rings (SSSR count). The number of aromatic carboxylic acids is 1. The normalized spacial score (nSPS) is 10.2. The fourth-order valence-electron chi connectivity index (χ4n) is 1.37. The Morgan fingerprint density at radius 1 is 1.35 bits per heavy atom. The molecule has 0 saturated heterocycles. The lowest BCUT2D eigenvalue weighted by atomic mass is 10.1. The lowest BCUT2D eigenvalue weighted by Gasteiger charge is -2.01. The van der Waals surface area contributed by atoms with Crippen LogP contribution < -0.4 is 5.69 Å². The number of aromatic amines is 1. The maximum absolute atomic E-state index is 13.0. The van der Waals surface area contributed by atoms with Gasteiger partial charge < -0.3 is 5.11 Å². The molecule has 0 radical (unpaired) electrons. The molecule has 0 aliphatic carbocycles. The lowest BCUT2D eigenvalue weighted by Crippen LogP contribution is -2.16. The van der Waals surface area contributed by atoms with Crippen molar-refractivity contribution in [3.8, 4) is 11.3 Å². The summed E-state index contributed by atoms with van der Waals surface area (Å²) in [5.41, 5.74) is -0.613. The third kappa shape index (κ3) is 2.36. The third-order valence-electron chi connectivity index (χ3n) is 2.10. The van der Waals surface area contributed by atoms with Crippen LogP contribution in [-0.4, -0.2) is 21.0 Å². The molecule has 2 aromatic rings. The fraction of sp³-hybridized carbons (Fsp3) is 0. The van der Waals surface area contributed by atoms with Crippen molar-refractivity contribution < 1.29 is 14.3 Å². The van der Waals surface area contributed by atoms with Gasteiger partial charge in [0.15, 0.2) is 0 Å². The van der Waals surface area contributed by atoms with E-state index in [0.717, 1.165) is 0 Å². The van der Waals surface area contributed by atoms with Crippen molar-refractivity contribution in [2.24, 2.45) is 0 Å². The first-order valence-corrected chi connectivity index (χ1v) is 4.67. The molecule has 6 heteroatoms. The maximum Gasteiger partial charge on any atom is 0.352 e. The molecule has 2 N–H and O–H groups in total. The number of nitrogens with zero attached hydrogens (tertiary/aromatic N) is 1. The highest BCUT2D eigenvalue weighted by Gasteiger charge is 2.09. The molecule has 1 heterocycles. The molecule has 0 aliphatic rings. The van der Waals surface area contributed by atoms with E-state index in [1.807, 2.05) is 0 Å². The molecule has 86 valence electrons. The SMILES string of the molecule is O=C(O)c1cc(-c2cccc(F)c2)nc(=O)[nH]1. The van der Waals surface area contributed by atoms with Gasteiger partial charge in [0.1, 0.15) is 11.5 Å². The van der Waals surface area contributed by atoms with Crippen LogP contribution in [0.1, 0.15) is 10.5 Å². The zero-order valence-electron chi connectivity index (χ0n) is 8.48. The molecule has 0 amide bonds. The minimum atomic E-state index is -1.28. The van der Waals surface area contributed by atoms with Crippen molar-refractivity contribution >= 4 is 5.97 Å². The van der Waals surface area contributed by atoms with E-state index in [1.54, 1.807) is 0 Å². The molecule has 0 unspecified atom stereocenters. The van der Waals surface area contributed by atoms with E-state index in [9.17, 15) is 14.0 Å². The summed E-state index contributed by atoms with van der Waals surface area (Å²) in [5.74, 6) is -1.76. The van der Waals surface area contributed by atoms with Crippen LogP contribution in [0.2, 0.25) is 0 Å². The molecule has 5 nitrogen and oxygen atoms in total. The number of carboxylic acids is 1. The molecule has 1 aromatic carbocycles. The van der Waals surface area contributed by atoms with Crippen LogP contribution in [0.3, 0.4) is 0 Å². The largest absolute Gasteiger partial charge is 0.477 e. The highest BCUT2D eigenvalue weighted by Crippen LogP contribution is 2.16. The van der Waals surface area contributed by atoms with Crippen molar-refractivity contribution in [3.05, 3.63) is 52.3 Å². The Labute approximate surface area is 94.6 Å². The zero-order chi connectivity index (χ0) is 12.4. The monoisotopic (exact) mass is 234 g/mol. The summed E-state index contributed by atoms with van der Waals surface area (Å²) in [4.78, 5) is 27.5. The standard InChI is InChI=1S/C11H7FN2O3/c12-7-3-1-2-6(4-7)8-5-9(10(15)16)14-11(17)13-8/h1-5H,(H,15,16)(H,13,14,17). The summed E-state index contributed by atoms with van der Waals surface area (Å²) < 4.78 is 13.0. The van der Waals surface area contributed by atoms with Crippen molar-refractivity contribution in [2.45, 2.75) is 0 Å². The van der Waals surface area contributed by atoms with E-state index in [1.165, 1.54) is 30.3 Å². The lowest BCUT2D eigenvalue weighted by molar-refractivity contribution is 0.0690. The van der Waals surface area contributed by atoms with Crippen LogP contribution >= 0.6 is 0 Å². The minimum Gasteiger partial charge on any atom is -0.477 e. The number of carbonyl (C=O) groups is 1. The van der Waals surface area contributed by atoms with E-state index in [2.05, 4.69) is 9.97 Å². The van der Waals surface area contributed by atoms with Gasteiger partial charge in [-0.2, -0.15) is 4.98 Å². The van der Waals surface area contributed by atoms with Crippen molar-refractivity contribution in [1.29, 1.82) is 0 Å². The Bertz CT molecular complexity index is 637. The smallest absolute Gasteiger partial charge is 0.352 e. The highest BCUT2D eigenvalue weighted by atomic mass is 19.1. The average Bonchev–Trinajstić information content (AvgIpc) is 2.28. The van der Waals surface area contributed by atoms with Crippen LogP contribution in [0, 0.1) is 5.82 Å². The first-order valence-electron chi connectivity index (χ1n) is 4.67. The van der Waals surface area contributed by atoms with Crippen molar-refractivity contribution in [3.63, 3.8) is 0 Å². The van der Waals surface area contributed by atoms with E-state index in [-0.39, 0.29) is 11.4 Å². The summed E-state index contributed by atoms with van der Waals surface area (Å²) in [7, 11) is 0. The molecule has 0 aliphatic heterocycles. The summed E-state index contributed by atoms with van der Waals surface area (Å²) in [6.45, 7) is 0. The summed E-state index contributed by atoms with van der Waals surface area (Å²) in [5, 5.41) is 8.76. The summed E-state index contributed by atoms with van der Waals surface area (Å²) in [6, 6.07) is 6.59.